The van der Waals surface area contributed by atoms with Gasteiger partial charge >= 0.3 is 0 Å². The van der Waals surface area contributed by atoms with Gasteiger partial charge in [-0.3, -0.25) is 0 Å². The number of hydrogen-bond donors (Lipinski definition) is 1. The van der Waals surface area contributed by atoms with Gasteiger partial charge < -0.3 is 10.0 Å². The van der Waals surface area contributed by atoms with Crippen LogP contribution in [0.1, 0.15) is 40.0 Å². The van der Waals surface area contributed by atoms with Crippen LogP contribution in [0.25, 0.3) is 0 Å². The minimum atomic E-state index is -0.474. The van der Waals surface area contributed by atoms with E-state index in [1.165, 1.54) is 26.1 Å². The second kappa shape index (κ2) is 4.43. The molecule has 0 aliphatic carbocycles. The van der Waals surface area contributed by atoms with Gasteiger partial charge in [0.05, 0.1) is 5.60 Å². The van der Waals surface area contributed by atoms with Crippen molar-refractivity contribution in [1.82, 2.24) is 4.90 Å². The number of piperidine rings is 1. The first kappa shape index (κ1) is 11.0. The van der Waals surface area contributed by atoms with E-state index in [1.54, 1.807) is 0 Å². The standard InChI is InChI=1S/C11H23NO/c1-4-7-12-8-5-10(6-9-12)11(2,3)13/h10,13H,4-9H2,1-3H3. The highest BCUT2D eigenvalue weighted by Crippen LogP contribution is 2.27. The Morgan fingerprint density at radius 2 is 1.85 bits per heavy atom. The van der Waals surface area contributed by atoms with Crippen LogP contribution in [0.2, 0.25) is 0 Å². The van der Waals surface area contributed by atoms with E-state index >= 15 is 0 Å². The Kier molecular flexibility index (Phi) is 3.74. The molecular weight excluding hydrogens is 162 g/mol. The molecule has 0 aromatic heterocycles. The third-order valence-electron chi connectivity index (χ3n) is 3.13. The van der Waals surface area contributed by atoms with E-state index < -0.39 is 5.60 Å². The van der Waals surface area contributed by atoms with E-state index in [0.29, 0.717) is 5.92 Å². The van der Waals surface area contributed by atoms with Crippen molar-refractivity contribution in [3.63, 3.8) is 0 Å². The van der Waals surface area contributed by atoms with Crippen LogP contribution in [0.3, 0.4) is 0 Å². The fourth-order valence-electron chi connectivity index (χ4n) is 2.18. The average Bonchev–Trinajstić information content (AvgIpc) is 2.04. The lowest BCUT2D eigenvalue weighted by Crippen LogP contribution is -2.42. The number of likely N-dealkylation sites (tertiary alicyclic amines) is 1. The lowest BCUT2D eigenvalue weighted by Gasteiger charge is -2.37. The normalized spacial score (nSPS) is 22.2. The Morgan fingerprint density at radius 3 is 2.23 bits per heavy atom. The van der Waals surface area contributed by atoms with Gasteiger partial charge in [-0.05, 0) is 58.7 Å². The average molecular weight is 185 g/mol. The van der Waals surface area contributed by atoms with E-state index in [4.69, 9.17) is 0 Å². The zero-order valence-corrected chi connectivity index (χ0v) is 9.21. The van der Waals surface area contributed by atoms with Crippen molar-refractivity contribution >= 4 is 0 Å². The molecule has 2 nitrogen and oxygen atoms in total. The zero-order chi connectivity index (χ0) is 9.90. The zero-order valence-electron chi connectivity index (χ0n) is 9.21. The topological polar surface area (TPSA) is 23.5 Å². The van der Waals surface area contributed by atoms with Crippen LogP contribution in [-0.2, 0) is 0 Å². The molecule has 2 heteroatoms. The van der Waals surface area contributed by atoms with Crippen LogP contribution >= 0.6 is 0 Å². The molecule has 1 heterocycles. The predicted octanol–water partition coefficient (Wildman–Crippen LogP) is 1.88. The molecule has 0 atom stereocenters. The van der Waals surface area contributed by atoms with Crippen LogP contribution in [0.4, 0.5) is 0 Å². The molecule has 1 aliphatic rings. The SMILES string of the molecule is CCCN1CCC(C(C)(C)O)CC1. The lowest BCUT2D eigenvalue weighted by molar-refractivity contribution is -0.0124. The molecule has 0 aromatic carbocycles. The highest BCUT2D eigenvalue weighted by Gasteiger charge is 2.29. The predicted molar refractivity (Wildman–Crippen MR) is 55.8 cm³/mol. The van der Waals surface area contributed by atoms with Crippen molar-refractivity contribution in [2.24, 2.45) is 5.92 Å². The van der Waals surface area contributed by atoms with Gasteiger partial charge in [-0.1, -0.05) is 6.92 Å². The van der Waals surface area contributed by atoms with E-state index in [9.17, 15) is 5.11 Å². The Balaban J connectivity index is 2.30. The summed E-state index contributed by atoms with van der Waals surface area (Å²) in [5.41, 5.74) is -0.474. The molecule has 0 bridgehead atoms. The van der Waals surface area contributed by atoms with Crippen LogP contribution < -0.4 is 0 Å². The summed E-state index contributed by atoms with van der Waals surface area (Å²) in [6.45, 7) is 9.66. The summed E-state index contributed by atoms with van der Waals surface area (Å²) < 4.78 is 0. The molecule has 1 aliphatic heterocycles. The molecule has 1 saturated heterocycles. The van der Waals surface area contributed by atoms with Crippen LogP contribution in [0.5, 0.6) is 0 Å². The number of rotatable bonds is 3. The molecule has 0 aromatic rings. The Morgan fingerprint density at radius 1 is 1.31 bits per heavy atom. The Bertz CT molecular complexity index is 143. The van der Waals surface area contributed by atoms with Crippen molar-refractivity contribution < 1.29 is 5.11 Å². The molecule has 1 fully saturated rings. The maximum absolute atomic E-state index is 9.84. The first-order chi connectivity index (χ1) is 6.04. The molecule has 0 saturated carbocycles. The van der Waals surface area contributed by atoms with E-state index in [0.717, 1.165) is 12.8 Å². The van der Waals surface area contributed by atoms with Crippen LogP contribution in [-0.4, -0.2) is 35.2 Å². The van der Waals surface area contributed by atoms with E-state index in [-0.39, 0.29) is 0 Å². The molecule has 1 rings (SSSR count). The first-order valence-corrected chi connectivity index (χ1v) is 5.48. The molecule has 78 valence electrons. The molecule has 1 N–H and O–H groups in total. The summed E-state index contributed by atoms with van der Waals surface area (Å²) in [7, 11) is 0. The quantitative estimate of drug-likeness (QED) is 0.725. The van der Waals surface area contributed by atoms with Gasteiger partial charge in [0.2, 0.25) is 0 Å². The van der Waals surface area contributed by atoms with Crippen molar-refractivity contribution in [2.75, 3.05) is 19.6 Å². The fourth-order valence-corrected chi connectivity index (χ4v) is 2.18. The summed E-state index contributed by atoms with van der Waals surface area (Å²) >= 11 is 0. The molecule has 0 unspecified atom stereocenters. The smallest absolute Gasteiger partial charge is 0.0620 e. The highest BCUT2D eigenvalue weighted by molar-refractivity contribution is 4.82. The maximum Gasteiger partial charge on any atom is 0.0620 e. The maximum atomic E-state index is 9.84. The van der Waals surface area contributed by atoms with Gasteiger partial charge in [0.25, 0.3) is 0 Å². The van der Waals surface area contributed by atoms with Crippen molar-refractivity contribution in [3.05, 3.63) is 0 Å². The summed E-state index contributed by atoms with van der Waals surface area (Å²) in [5.74, 6) is 0.501. The van der Waals surface area contributed by atoms with Crippen molar-refractivity contribution in [3.8, 4) is 0 Å². The van der Waals surface area contributed by atoms with Gasteiger partial charge in [-0.25, -0.2) is 0 Å². The second-order valence-electron chi connectivity index (χ2n) is 4.77. The van der Waals surface area contributed by atoms with E-state index in [2.05, 4.69) is 11.8 Å². The fraction of sp³-hybridized carbons (Fsp3) is 1.00. The molecule has 0 amide bonds. The van der Waals surface area contributed by atoms with E-state index in [1.807, 2.05) is 13.8 Å². The molecule has 0 radical (unpaired) electrons. The second-order valence-corrected chi connectivity index (χ2v) is 4.77. The highest BCUT2D eigenvalue weighted by atomic mass is 16.3. The summed E-state index contributed by atoms with van der Waals surface area (Å²) in [5, 5.41) is 9.84. The number of aliphatic hydroxyl groups is 1. The third-order valence-corrected chi connectivity index (χ3v) is 3.13. The Labute approximate surface area is 81.9 Å². The van der Waals surface area contributed by atoms with Gasteiger partial charge in [-0.2, -0.15) is 0 Å². The molecule has 13 heavy (non-hydrogen) atoms. The Hall–Kier alpha value is -0.0800. The van der Waals surface area contributed by atoms with Gasteiger partial charge in [0.1, 0.15) is 0 Å². The molecular formula is C11H23NO. The largest absolute Gasteiger partial charge is 0.390 e. The van der Waals surface area contributed by atoms with Crippen LogP contribution in [0, 0.1) is 5.92 Å². The van der Waals surface area contributed by atoms with Gasteiger partial charge in [0, 0.05) is 0 Å². The van der Waals surface area contributed by atoms with Crippen LogP contribution in [0.15, 0.2) is 0 Å². The minimum absolute atomic E-state index is 0.474. The third kappa shape index (κ3) is 3.28. The van der Waals surface area contributed by atoms with Crippen molar-refractivity contribution in [2.45, 2.75) is 45.6 Å². The first-order valence-electron chi connectivity index (χ1n) is 5.48. The lowest BCUT2D eigenvalue weighted by atomic mass is 9.83. The summed E-state index contributed by atoms with van der Waals surface area (Å²) in [6.07, 6.45) is 3.56. The monoisotopic (exact) mass is 185 g/mol. The number of hydrogen-bond acceptors (Lipinski definition) is 2. The summed E-state index contributed by atoms with van der Waals surface area (Å²) in [4.78, 5) is 2.50. The number of nitrogens with zero attached hydrogens (tertiary/aromatic N) is 1. The van der Waals surface area contributed by atoms with Crippen molar-refractivity contribution in [1.29, 1.82) is 0 Å². The minimum Gasteiger partial charge on any atom is -0.390 e. The van der Waals surface area contributed by atoms with Gasteiger partial charge in [0.15, 0.2) is 0 Å². The van der Waals surface area contributed by atoms with Gasteiger partial charge in [-0.15, -0.1) is 0 Å². The molecule has 0 spiro atoms. The summed E-state index contributed by atoms with van der Waals surface area (Å²) in [6, 6.07) is 0.